The summed E-state index contributed by atoms with van der Waals surface area (Å²) in [6.07, 6.45) is 2.50. The molecule has 1 aliphatic rings. The van der Waals surface area contributed by atoms with Crippen LogP contribution in [0.5, 0.6) is 0 Å². The molecule has 1 amide bonds. The van der Waals surface area contributed by atoms with E-state index in [0.717, 1.165) is 40.4 Å². The second-order valence-corrected chi connectivity index (χ2v) is 10.1. The number of carbonyl (C=O) groups is 2. The Morgan fingerprint density at radius 1 is 1.27 bits per heavy atom. The van der Waals surface area contributed by atoms with Gasteiger partial charge in [0, 0.05) is 23.4 Å². The fourth-order valence-electron chi connectivity index (χ4n) is 3.86. The van der Waals surface area contributed by atoms with E-state index in [2.05, 4.69) is 17.1 Å². The summed E-state index contributed by atoms with van der Waals surface area (Å²) >= 11 is 2.68. The molecule has 4 heterocycles. The molecule has 0 saturated carbocycles. The lowest BCUT2D eigenvalue weighted by molar-refractivity contribution is 0.0607. The number of nitrogens with one attached hydrogen (secondary N) is 1. The number of fused-ring (bicyclic) bond motifs is 1. The molecule has 3 aromatic rings. The standard InChI is InChI=1S/C22H25N3O3S2/c1-13-5-4-10-25(11-13)12-15-7-8-16-18(19(22(27)28-3)30-21(16)23-15)24-20(26)17-9-6-14(2)29-17/h6-9,13H,4-5,10-12H2,1-3H3,(H,24,26). The molecule has 4 rings (SSSR count). The van der Waals surface area contributed by atoms with Crippen molar-refractivity contribution in [3.8, 4) is 0 Å². The zero-order chi connectivity index (χ0) is 21.3. The summed E-state index contributed by atoms with van der Waals surface area (Å²) in [6, 6.07) is 7.63. The van der Waals surface area contributed by atoms with Crippen molar-refractivity contribution in [3.05, 3.63) is 44.6 Å². The first-order chi connectivity index (χ1) is 14.4. The summed E-state index contributed by atoms with van der Waals surface area (Å²) in [7, 11) is 1.34. The number of hydrogen-bond acceptors (Lipinski definition) is 7. The second kappa shape index (κ2) is 8.83. The van der Waals surface area contributed by atoms with Crippen LogP contribution in [0.25, 0.3) is 10.2 Å². The third kappa shape index (κ3) is 4.40. The molecule has 1 saturated heterocycles. The van der Waals surface area contributed by atoms with E-state index in [1.165, 1.54) is 42.6 Å². The number of likely N-dealkylation sites (tertiary alicyclic amines) is 1. The topological polar surface area (TPSA) is 71.5 Å². The van der Waals surface area contributed by atoms with Crippen LogP contribution in [0, 0.1) is 12.8 Å². The summed E-state index contributed by atoms with van der Waals surface area (Å²) in [5.74, 6) is 0.00393. The number of carbonyl (C=O) groups excluding carboxylic acids is 2. The zero-order valence-corrected chi connectivity index (χ0v) is 19.0. The molecule has 0 aromatic carbocycles. The normalized spacial score (nSPS) is 17.2. The van der Waals surface area contributed by atoms with Crippen molar-refractivity contribution in [2.24, 2.45) is 5.92 Å². The number of nitrogens with zero attached hydrogens (tertiary/aromatic N) is 2. The van der Waals surface area contributed by atoms with Gasteiger partial charge in [-0.25, -0.2) is 9.78 Å². The van der Waals surface area contributed by atoms with Crippen molar-refractivity contribution < 1.29 is 14.3 Å². The number of methoxy groups -OCH3 is 1. The van der Waals surface area contributed by atoms with Crippen molar-refractivity contribution in [1.82, 2.24) is 9.88 Å². The van der Waals surface area contributed by atoms with Gasteiger partial charge in [0.25, 0.3) is 5.91 Å². The number of hydrogen-bond donors (Lipinski definition) is 1. The molecule has 3 aromatic heterocycles. The van der Waals surface area contributed by atoms with Gasteiger partial charge in [-0.2, -0.15) is 0 Å². The number of rotatable bonds is 5. The van der Waals surface area contributed by atoms with Gasteiger partial charge in [-0.1, -0.05) is 6.92 Å². The zero-order valence-electron chi connectivity index (χ0n) is 17.4. The summed E-state index contributed by atoms with van der Waals surface area (Å²) in [4.78, 5) is 35.1. The van der Waals surface area contributed by atoms with E-state index in [-0.39, 0.29) is 5.91 Å². The maximum Gasteiger partial charge on any atom is 0.350 e. The predicted molar refractivity (Wildman–Crippen MR) is 122 cm³/mol. The molecule has 6 nitrogen and oxygen atoms in total. The first-order valence-electron chi connectivity index (χ1n) is 10.1. The fourth-order valence-corrected chi connectivity index (χ4v) is 5.69. The predicted octanol–water partition coefficient (Wildman–Crippen LogP) is 4.94. The largest absolute Gasteiger partial charge is 0.465 e. The Balaban J connectivity index is 1.64. The van der Waals surface area contributed by atoms with E-state index in [4.69, 9.17) is 9.72 Å². The highest BCUT2D eigenvalue weighted by atomic mass is 32.1. The molecule has 1 aliphatic heterocycles. The van der Waals surface area contributed by atoms with Gasteiger partial charge in [0.15, 0.2) is 0 Å². The Bertz CT molecular complexity index is 1090. The summed E-state index contributed by atoms with van der Waals surface area (Å²) in [6.45, 7) is 7.20. The lowest BCUT2D eigenvalue weighted by atomic mass is 10.0. The Kier molecular flexibility index (Phi) is 6.17. The molecule has 30 heavy (non-hydrogen) atoms. The number of pyridine rings is 1. The van der Waals surface area contributed by atoms with Gasteiger partial charge >= 0.3 is 5.97 Å². The quantitative estimate of drug-likeness (QED) is 0.566. The number of thiophene rings is 2. The molecule has 8 heteroatoms. The van der Waals surface area contributed by atoms with Crippen LogP contribution < -0.4 is 5.32 Å². The van der Waals surface area contributed by atoms with Crippen LogP contribution in [-0.4, -0.2) is 42.0 Å². The number of ether oxygens (including phenoxy) is 1. The van der Waals surface area contributed by atoms with Gasteiger partial charge in [0.1, 0.15) is 9.71 Å². The maximum absolute atomic E-state index is 12.7. The minimum atomic E-state index is -0.470. The average Bonchev–Trinajstić information content (AvgIpc) is 3.31. The second-order valence-electron chi connectivity index (χ2n) is 7.80. The van der Waals surface area contributed by atoms with Gasteiger partial charge < -0.3 is 10.1 Å². The van der Waals surface area contributed by atoms with Crippen LogP contribution in [0.2, 0.25) is 0 Å². The van der Waals surface area contributed by atoms with Crippen LogP contribution >= 0.6 is 22.7 Å². The molecule has 0 spiro atoms. The first kappa shape index (κ1) is 21.0. The van der Waals surface area contributed by atoms with Gasteiger partial charge in [-0.15, -0.1) is 22.7 Å². The van der Waals surface area contributed by atoms with Crippen LogP contribution in [0.4, 0.5) is 5.69 Å². The Hall–Kier alpha value is -2.29. The number of aromatic nitrogens is 1. The van der Waals surface area contributed by atoms with E-state index in [9.17, 15) is 9.59 Å². The SMILES string of the molecule is COC(=O)c1sc2nc(CN3CCCC(C)C3)ccc2c1NC(=O)c1ccc(C)s1. The highest BCUT2D eigenvalue weighted by molar-refractivity contribution is 7.21. The number of anilines is 1. The molecule has 1 atom stereocenters. The monoisotopic (exact) mass is 443 g/mol. The van der Waals surface area contributed by atoms with E-state index < -0.39 is 5.97 Å². The lowest BCUT2D eigenvalue weighted by Gasteiger charge is -2.30. The van der Waals surface area contributed by atoms with Crippen molar-refractivity contribution in [1.29, 1.82) is 0 Å². The van der Waals surface area contributed by atoms with Crippen LogP contribution in [0.3, 0.4) is 0 Å². The molecule has 1 N–H and O–H groups in total. The number of amides is 1. The van der Waals surface area contributed by atoms with Crippen molar-refractivity contribution >= 4 is 50.5 Å². The molecular weight excluding hydrogens is 418 g/mol. The van der Waals surface area contributed by atoms with Gasteiger partial charge in [0.2, 0.25) is 0 Å². The van der Waals surface area contributed by atoms with Crippen molar-refractivity contribution in [2.75, 3.05) is 25.5 Å². The van der Waals surface area contributed by atoms with Crippen LogP contribution in [0.15, 0.2) is 24.3 Å². The van der Waals surface area contributed by atoms with E-state index >= 15 is 0 Å². The molecule has 0 aliphatic carbocycles. The molecule has 1 fully saturated rings. The third-order valence-electron chi connectivity index (χ3n) is 5.31. The smallest absolute Gasteiger partial charge is 0.350 e. The third-order valence-corrected chi connectivity index (χ3v) is 7.39. The molecule has 0 bridgehead atoms. The average molecular weight is 444 g/mol. The van der Waals surface area contributed by atoms with E-state index in [0.29, 0.717) is 21.4 Å². The van der Waals surface area contributed by atoms with Crippen LogP contribution in [0.1, 0.15) is 49.7 Å². The van der Waals surface area contributed by atoms with Crippen LogP contribution in [-0.2, 0) is 11.3 Å². The molecule has 0 radical (unpaired) electrons. The van der Waals surface area contributed by atoms with Gasteiger partial charge in [0.05, 0.1) is 23.4 Å². The highest BCUT2D eigenvalue weighted by Crippen LogP contribution is 2.36. The molecule has 1 unspecified atom stereocenters. The summed E-state index contributed by atoms with van der Waals surface area (Å²) < 4.78 is 4.95. The van der Waals surface area contributed by atoms with Gasteiger partial charge in [-0.05, 0) is 56.5 Å². The first-order valence-corrected chi connectivity index (χ1v) is 11.7. The van der Waals surface area contributed by atoms with Crippen molar-refractivity contribution in [2.45, 2.75) is 33.2 Å². The van der Waals surface area contributed by atoms with Gasteiger partial charge in [-0.3, -0.25) is 9.69 Å². The molecular formula is C22H25N3O3S2. The number of piperidine rings is 1. The molecule has 158 valence electrons. The number of aryl methyl sites for hydroxylation is 1. The fraction of sp³-hybridized carbons (Fsp3) is 0.409. The maximum atomic E-state index is 12.7. The Labute approximate surface area is 183 Å². The summed E-state index contributed by atoms with van der Waals surface area (Å²) in [5.41, 5.74) is 1.45. The number of esters is 1. The summed E-state index contributed by atoms with van der Waals surface area (Å²) in [5, 5.41) is 3.68. The van der Waals surface area contributed by atoms with E-state index in [1.807, 2.05) is 25.1 Å². The lowest BCUT2D eigenvalue weighted by Crippen LogP contribution is -2.33. The van der Waals surface area contributed by atoms with E-state index in [1.54, 1.807) is 6.07 Å². The van der Waals surface area contributed by atoms with Crippen molar-refractivity contribution in [3.63, 3.8) is 0 Å². The minimum absolute atomic E-state index is 0.232. The Morgan fingerprint density at radius 3 is 2.80 bits per heavy atom. The highest BCUT2D eigenvalue weighted by Gasteiger charge is 2.23. The Morgan fingerprint density at radius 2 is 2.10 bits per heavy atom. The minimum Gasteiger partial charge on any atom is -0.465 e.